The second-order valence-corrected chi connectivity index (χ2v) is 5.86. The van der Waals surface area contributed by atoms with Gasteiger partial charge in [-0.3, -0.25) is 0 Å². The van der Waals surface area contributed by atoms with Crippen molar-refractivity contribution in [2.45, 2.75) is 26.9 Å². The summed E-state index contributed by atoms with van der Waals surface area (Å²) in [6, 6.07) is 12.3. The van der Waals surface area contributed by atoms with E-state index >= 15 is 0 Å². The highest BCUT2D eigenvalue weighted by molar-refractivity contribution is 5.61. The van der Waals surface area contributed by atoms with Gasteiger partial charge in [0.25, 0.3) is 6.01 Å². The van der Waals surface area contributed by atoms with Crippen LogP contribution in [-0.2, 0) is 0 Å². The number of ether oxygens (including phenoxy) is 1. The largest absolute Gasteiger partial charge is 0.491 e. The molecule has 0 spiro atoms. The quantitative estimate of drug-likeness (QED) is 0.689. The molecule has 0 unspecified atom stereocenters. The van der Waals surface area contributed by atoms with E-state index in [1.165, 1.54) is 12.1 Å². The molecular weight excluding hydrogens is 307 g/mol. The molecule has 124 valence electrons. The molecule has 3 aromatic rings. The van der Waals surface area contributed by atoms with E-state index in [1.54, 1.807) is 18.3 Å². The van der Waals surface area contributed by atoms with Gasteiger partial charge < -0.3 is 14.5 Å². The van der Waals surface area contributed by atoms with Crippen molar-refractivity contribution in [2.75, 3.05) is 5.32 Å². The molecule has 0 aliphatic heterocycles. The van der Waals surface area contributed by atoms with E-state index < -0.39 is 0 Å². The first-order chi connectivity index (χ1) is 11.5. The molecule has 0 saturated carbocycles. The minimum absolute atomic E-state index is 0.103. The Hall–Kier alpha value is -2.82. The summed E-state index contributed by atoms with van der Waals surface area (Å²) in [5.41, 5.74) is 2.67. The Balaban J connectivity index is 1.79. The third-order valence-corrected chi connectivity index (χ3v) is 3.31. The SMILES string of the molecule is Cc1cc(Nc2ncc(-c3ccc(F)cc3)o2)cc(OC(C)C)c1. The van der Waals surface area contributed by atoms with Crippen LogP contribution in [0.5, 0.6) is 5.75 Å². The summed E-state index contributed by atoms with van der Waals surface area (Å²) in [5, 5.41) is 3.13. The van der Waals surface area contributed by atoms with Gasteiger partial charge in [0.05, 0.1) is 12.3 Å². The predicted octanol–water partition coefficient (Wildman–Crippen LogP) is 5.32. The van der Waals surface area contributed by atoms with Gasteiger partial charge in [-0.1, -0.05) is 0 Å². The monoisotopic (exact) mass is 326 g/mol. The van der Waals surface area contributed by atoms with Gasteiger partial charge in [0.15, 0.2) is 5.76 Å². The van der Waals surface area contributed by atoms with Gasteiger partial charge >= 0.3 is 0 Å². The molecule has 0 aliphatic carbocycles. The van der Waals surface area contributed by atoms with Crippen LogP contribution in [-0.4, -0.2) is 11.1 Å². The number of hydrogen-bond donors (Lipinski definition) is 1. The summed E-state index contributed by atoms with van der Waals surface area (Å²) < 4.78 is 24.4. The molecule has 24 heavy (non-hydrogen) atoms. The van der Waals surface area contributed by atoms with Crippen molar-refractivity contribution in [2.24, 2.45) is 0 Å². The highest BCUT2D eigenvalue weighted by Gasteiger charge is 2.08. The zero-order valence-corrected chi connectivity index (χ0v) is 13.8. The van der Waals surface area contributed by atoms with Gasteiger partial charge in [0, 0.05) is 17.3 Å². The van der Waals surface area contributed by atoms with Crippen molar-refractivity contribution in [3.8, 4) is 17.1 Å². The minimum Gasteiger partial charge on any atom is -0.491 e. The number of benzene rings is 2. The number of aryl methyl sites for hydroxylation is 1. The molecule has 0 aliphatic rings. The van der Waals surface area contributed by atoms with Crippen LogP contribution in [0.4, 0.5) is 16.1 Å². The Morgan fingerprint density at radius 3 is 2.58 bits per heavy atom. The maximum absolute atomic E-state index is 13.0. The van der Waals surface area contributed by atoms with Crippen LogP contribution in [0, 0.1) is 12.7 Å². The highest BCUT2D eigenvalue weighted by atomic mass is 19.1. The van der Waals surface area contributed by atoms with Crippen LogP contribution in [0.15, 0.2) is 53.1 Å². The lowest BCUT2D eigenvalue weighted by Gasteiger charge is -2.12. The first-order valence-corrected chi connectivity index (χ1v) is 7.77. The van der Waals surface area contributed by atoms with Crippen molar-refractivity contribution >= 4 is 11.7 Å². The lowest BCUT2D eigenvalue weighted by molar-refractivity contribution is 0.242. The van der Waals surface area contributed by atoms with Gasteiger partial charge in [-0.15, -0.1) is 0 Å². The maximum atomic E-state index is 13.0. The molecule has 4 nitrogen and oxygen atoms in total. The van der Waals surface area contributed by atoms with Crippen molar-refractivity contribution in [1.82, 2.24) is 4.98 Å². The normalized spacial score (nSPS) is 10.9. The fourth-order valence-corrected chi connectivity index (χ4v) is 2.36. The Morgan fingerprint density at radius 2 is 1.88 bits per heavy atom. The second-order valence-electron chi connectivity index (χ2n) is 5.86. The van der Waals surface area contributed by atoms with Crippen LogP contribution in [0.2, 0.25) is 0 Å². The fourth-order valence-electron chi connectivity index (χ4n) is 2.36. The summed E-state index contributed by atoms with van der Waals surface area (Å²) in [6.45, 7) is 5.97. The lowest BCUT2D eigenvalue weighted by atomic mass is 10.2. The summed E-state index contributed by atoms with van der Waals surface area (Å²) in [5.74, 6) is 1.08. The molecule has 0 fully saturated rings. The number of rotatable bonds is 5. The van der Waals surface area contributed by atoms with Crippen LogP contribution in [0.1, 0.15) is 19.4 Å². The summed E-state index contributed by atoms with van der Waals surface area (Å²) >= 11 is 0. The number of nitrogens with zero attached hydrogens (tertiary/aromatic N) is 1. The van der Waals surface area contributed by atoms with Crippen LogP contribution in [0.3, 0.4) is 0 Å². The van der Waals surface area contributed by atoms with E-state index in [2.05, 4.69) is 10.3 Å². The van der Waals surface area contributed by atoms with Crippen molar-refractivity contribution in [3.63, 3.8) is 0 Å². The molecule has 5 heteroatoms. The van der Waals surface area contributed by atoms with Crippen molar-refractivity contribution in [1.29, 1.82) is 0 Å². The summed E-state index contributed by atoms with van der Waals surface area (Å²) in [4.78, 5) is 4.22. The van der Waals surface area contributed by atoms with E-state index in [-0.39, 0.29) is 11.9 Å². The van der Waals surface area contributed by atoms with Crippen LogP contribution < -0.4 is 10.1 Å². The Morgan fingerprint density at radius 1 is 1.12 bits per heavy atom. The molecule has 0 amide bonds. The molecule has 0 atom stereocenters. The van der Waals surface area contributed by atoms with E-state index in [4.69, 9.17) is 9.15 Å². The van der Waals surface area contributed by atoms with E-state index in [9.17, 15) is 4.39 Å². The molecule has 1 N–H and O–H groups in total. The Labute approximate surface area is 140 Å². The van der Waals surface area contributed by atoms with Gasteiger partial charge in [0.1, 0.15) is 11.6 Å². The Bertz CT molecular complexity index is 826. The molecule has 0 radical (unpaired) electrons. The van der Waals surface area contributed by atoms with Crippen LogP contribution in [0.25, 0.3) is 11.3 Å². The first-order valence-electron chi connectivity index (χ1n) is 7.77. The van der Waals surface area contributed by atoms with Gasteiger partial charge in [-0.25, -0.2) is 9.37 Å². The van der Waals surface area contributed by atoms with E-state index in [0.717, 1.165) is 22.6 Å². The second kappa shape index (κ2) is 6.74. The fraction of sp³-hybridized carbons (Fsp3) is 0.211. The molecule has 1 heterocycles. The molecule has 2 aromatic carbocycles. The smallest absolute Gasteiger partial charge is 0.299 e. The first kappa shape index (κ1) is 16.1. The molecule has 1 aromatic heterocycles. The third kappa shape index (κ3) is 3.93. The van der Waals surface area contributed by atoms with Crippen LogP contribution >= 0.6 is 0 Å². The summed E-state index contributed by atoms with van der Waals surface area (Å²) in [6.07, 6.45) is 1.71. The van der Waals surface area contributed by atoms with Gasteiger partial charge in [0.2, 0.25) is 0 Å². The van der Waals surface area contributed by atoms with Gasteiger partial charge in [-0.05, 0) is 62.7 Å². The number of nitrogens with one attached hydrogen (secondary N) is 1. The number of aromatic nitrogens is 1. The van der Waals surface area contributed by atoms with Crippen molar-refractivity contribution < 1.29 is 13.5 Å². The topological polar surface area (TPSA) is 47.3 Å². The average Bonchev–Trinajstić information content (AvgIpc) is 2.95. The average molecular weight is 326 g/mol. The maximum Gasteiger partial charge on any atom is 0.299 e. The molecule has 3 rings (SSSR count). The molecule has 0 saturated heterocycles. The number of oxazole rings is 1. The summed E-state index contributed by atoms with van der Waals surface area (Å²) in [7, 11) is 0. The number of hydrogen-bond acceptors (Lipinski definition) is 4. The standard InChI is InChI=1S/C19H19FN2O2/c1-12(2)23-17-9-13(3)8-16(10-17)22-19-21-11-18(24-19)14-4-6-15(20)7-5-14/h4-12H,1-3H3,(H,21,22). The Kier molecular flexibility index (Phi) is 4.51. The minimum atomic E-state index is -0.283. The van der Waals surface area contributed by atoms with Gasteiger partial charge in [-0.2, -0.15) is 0 Å². The number of halogens is 1. The molecular formula is C19H19FN2O2. The van der Waals surface area contributed by atoms with E-state index in [1.807, 2.05) is 39.0 Å². The van der Waals surface area contributed by atoms with Crippen molar-refractivity contribution in [3.05, 3.63) is 60.0 Å². The number of anilines is 2. The highest BCUT2D eigenvalue weighted by Crippen LogP contribution is 2.27. The zero-order chi connectivity index (χ0) is 17.1. The zero-order valence-electron chi connectivity index (χ0n) is 13.8. The predicted molar refractivity (Wildman–Crippen MR) is 92.1 cm³/mol. The molecule has 0 bridgehead atoms. The lowest BCUT2D eigenvalue weighted by Crippen LogP contribution is -2.06. The third-order valence-electron chi connectivity index (χ3n) is 3.31. The van der Waals surface area contributed by atoms with E-state index in [0.29, 0.717) is 11.8 Å².